The molecule has 1 N–H and O–H groups in total. The van der Waals surface area contributed by atoms with Gasteiger partial charge in [-0.1, -0.05) is 0 Å². The van der Waals surface area contributed by atoms with Crippen molar-refractivity contribution in [3.8, 4) is 11.5 Å². The Hall–Kier alpha value is -2.41. The Kier molecular flexibility index (Phi) is 3.49. The fraction of sp³-hybridized carbons (Fsp3) is 0.312. The number of nitrogens with one attached hydrogen (secondary N) is 1. The number of nitrogens with zero attached hydrogens (tertiary/aromatic N) is 3. The molecule has 1 aliphatic heterocycles. The van der Waals surface area contributed by atoms with Crippen LogP contribution >= 0.6 is 11.3 Å². The monoisotopic (exact) mass is 328 g/mol. The number of rotatable bonds is 3. The van der Waals surface area contributed by atoms with Gasteiger partial charge >= 0.3 is 0 Å². The summed E-state index contributed by atoms with van der Waals surface area (Å²) in [6.07, 6.45) is 3.73. The van der Waals surface area contributed by atoms with Crippen molar-refractivity contribution in [1.29, 1.82) is 0 Å². The van der Waals surface area contributed by atoms with E-state index in [-0.39, 0.29) is 11.9 Å². The number of aryl methyl sites for hydroxylation is 1. The van der Waals surface area contributed by atoms with E-state index in [2.05, 4.69) is 15.2 Å². The van der Waals surface area contributed by atoms with Gasteiger partial charge in [0.25, 0.3) is 5.91 Å². The van der Waals surface area contributed by atoms with Gasteiger partial charge in [-0.2, -0.15) is 5.10 Å². The van der Waals surface area contributed by atoms with Crippen molar-refractivity contribution in [3.05, 3.63) is 46.2 Å². The Morgan fingerprint density at radius 1 is 1.48 bits per heavy atom. The molecule has 1 amide bonds. The zero-order chi connectivity index (χ0) is 15.8. The topological polar surface area (TPSA) is 75.0 Å². The third-order valence-corrected chi connectivity index (χ3v) is 4.93. The highest BCUT2D eigenvalue weighted by Crippen LogP contribution is 2.34. The van der Waals surface area contributed by atoms with Crippen LogP contribution in [0.5, 0.6) is 0 Å². The van der Waals surface area contributed by atoms with Crippen LogP contribution in [0.25, 0.3) is 11.5 Å². The van der Waals surface area contributed by atoms with Crippen LogP contribution < -0.4 is 0 Å². The van der Waals surface area contributed by atoms with Crippen molar-refractivity contribution in [1.82, 2.24) is 20.1 Å². The molecule has 1 atom stereocenters. The molecule has 118 valence electrons. The van der Waals surface area contributed by atoms with Gasteiger partial charge in [-0.25, -0.2) is 4.98 Å². The lowest BCUT2D eigenvalue weighted by atomic mass is 10.2. The minimum atomic E-state index is -0.0616. The first kappa shape index (κ1) is 14.2. The van der Waals surface area contributed by atoms with Crippen LogP contribution in [0.3, 0.4) is 0 Å². The van der Waals surface area contributed by atoms with Gasteiger partial charge < -0.3 is 9.32 Å². The van der Waals surface area contributed by atoms with Crippen molar-refractivity contribution in [2.24, 2.45) is 0 Å². The second-order valence-electron chi connectivity index (χ2n) is 5.60. The number of aromatic nitrogens is 3. The Balaban J connectivity index is 1.58. The average Bonchev–Trinajstić information content (AvgIpc) is 3.31. The quantitative estimate of drug-likeness (QED) is 0.799. The number of likely N-dealkylation sites (tertiary alicyclic amines) is 1. The normalized spacial score (nSPS) is 17.8. The largest absolute Gasteiger partial charge is 0.460 e. The number of carbonyl (C=O) groups is 1. The lowest BCUT2D eigenvalue weighted by molar-refractivity contribution is 0.0729. The summed E-state index contributed by atoms with van der Waals surface area (Å²) in [6.45, 7) is 2.62. The van der Waals surface area contributed by atoms with Gasteiger partial charge in [-0.05, 0) is 31.9 Å². The van der Waals surface area contributed by atoms with Gasteiger partial charge in [0, 0.05) is 24.2 Å². The van der Waals surface area contributed by atoms with Crippen molar-refractivity contribution >= 4 is 17.2 Å². The summed E-state index contributed by atoms with van der Waals surface area (Å²) >= 11 is 1.59. The van der Waals surface area contributed by atoms with E-state index in [4.69, 9.17) is 4.42 Å². The summed E-state index contributed by atoms with van der Waals surface area (Å²) in [7, 11) is 0. The number of amides is 1. The summed E-state index contributed by atoms with van der Waals surface area (Å²) in [5.41, 5.74) is 1.13. The highest BCUT2D eigenvalue weighted by Gasteiger charge is 2.33. The summed E-state index contributed by atoms with van der Waals surface area (Å²) < 4.78 is 5.56. The van der Waals surface area contributed by atoms with Crippen molar-refractivity contribution < 1.29 is 9.21 Å². The maximum Gasteiger partial charge on any atom is 0.274 e. The van der Waals surface area contributed by atoms with E-state index in [1.165, 1.54) is 0 Å². The smallest absolute Gasteiger partial charge is 0.274 e. The van der Waals surface area contributed by atoms with Crippen LogP contribution in [0.2, 0.25) is 0 Å². The summed E-state index contributed by atoms with van der Waals surface area (Å²) in [5, 5.41) is 9.99. The zero-order valence-corrected chi connectivity index (χ0v) is 13.5. The van der Waals surface area contributed by atoms with Gasteiger partial charge in [0.2, 0.25) is 0 Å². The first-order valence-electron chi connectivity index (χ1n) is 7.55. The Labute approximate surface area is 137 Å². The Morgan fingerprint density at radius 2 is 2.39 bits per heavy atom. The Morgan fingerprint density at radius 3 is 3.13 bits per heavy atom. The van der Waals surface area contributed by atoms with E-state index < -0.39 is 0 Å². The van der Waals surface area contributed by atoms with Gasteiger partial charge in [0.05, 0.1) is 6.04 Å². The molecule has 0 aliphatic carbocycles. The molecule has 4 rings (SSSR count). The molecule has 1 fully saturated rings. The molecule has 6 nitrogen and oxygen atoms in total. The number of thiazole rings is 1. The minimum Gasteiger partial charge on any atom is -0.460 e. The number of furan rings is 1. The fourth-order valence-electron chi connectivity index (χ4n) is 2.95. The molecule has 3 aromatic rings. The van der Waals surface area contributed by atoms with Crippen LogP contribution in [0.1, 0.15) is 40.1 Å². The molecule has 0 aromatic carbocycles. The average molecular weight is 328 g/mol. The Bertz CT molecular complexity index is 821. The van der Waals surface area contributed by atoms with E-state index in [0.29, 0.717) is 17.1 Å². The molecule has 0 bridgehead atoms. The molecule has 1 unspecified atom stereocenters. The molecule has 0 saturated carbocycles. The number of hydrogen-bond donors (Lipinski definition) is 1. The first-order valence-corrected chi connectivity index (χ1v) is 8.43. The fourth-order valence-corrected chi connectivity index (χ4v) is 3.73. The maximum atomic E-state index is 12.8. The molecular weight excluding hydrogens is 312 g/mol. The number of hydrogen-bond acceptors (Lipinski definition) is 5. The molecule has 7 heteroatoms. The third kappa shape index (κ3) is 2.57. The highest BCUT2D eigenvalue weighted by molar-refractivity contribution is 7.09. The number of H-pyrrole nitrogens is 1. The third-order valence-electron chi connectivity index (χ3n) is 4.05. The standard InChI is InChI=1S/C16H16N4O2S/c1-10-4-5-14(22-10)11-9-12(19-18-11)16(21)20-7-2-3-13(20)15-17-6-8-23-15/h4-6,8-9,13H,2-3,7H2,1H3,(H,18,19). The van der Waals surface area contributed by atoms with Crippen LogP contribution in [0.4, 0.5) is 0 Å². The van der Waals surface area contributed by atoms with Crippen LogP contribution in [-0.4, -0.2) is 32.5 Å². The maximum absolute atomic E-state index is 12.8. The van der Waals surface area contributed by atoms with Crippen LogP contribution in [-0.2, 0) is 0 Å². The predicted octanol–water partition coefficient (Wildman–Crippen LogP) is 3.41. The SMILES string of the molecule is Cc1ccc(-c2cc(C(=O)N3CCCC3c3nccs3)n[nH]2)o1. The van der Waals surface area contributed by atoms with E-state index >= 15 is 0 Å². The molecule has 0 spiro atoms. The van der Waals surface area contributed by atoms with E-state index in [0.717, 1.165) is 30.2 Å². The molecule has 1 aliphatic rings. The predicted molar refractivity (Wildman–Crippen MR) is 86.2 cm³/mol. The van der Waals surface area contributed by atoms with E-state index in [1.807, 2.05) is 29.3 Å². The highest BCUT2D eigenvalue weighted by atomic mass is 32.1. The van der Waals surface area contributed by atoms with Gasteiger partial charge in [0.15, 0.2) is 11.5 Å². The molecule has 4 heterocycles. The number of carbonyl (C=O) groups excluding carboxylic acids is 1. The zero-order valence-electron chi connectivity index (χ0n) is 12.7. The van der Waals surface area contributed by atoms with E-state index in [9.17, 15) is 4.79 Å². The van der Waals surface area contributed by atoms with Gasteiger partial charge in [0.1, 0.15) is 16.5 Å². The molecule has 3 aromatic heterocycles. The lowest BCUT2D eigenvalue weighted by Gasteiger charge is -2.21. The molecule has 0 radical (unpaired) electrons. The van der Waals surface area contributed by atoms with Crippen LogP contribution in [0.15, 0.2) is 34.2 Å². The van der Waals surface area contributed by atoms with Crippen molar-refractivity contribution in [2.75, 3.05) is 6.54 Å². The summed E-state index contributed by atoms with van der Waals surface area (Å²) in [5.74, 6) is 1.45. The molecule has 1 saturated heterocycles. The number of aromatic amines is 1. The first-order chi connectivity index (χ1) is 11.2. The summed E-state index contributed by atoms with van der Waals surface area (Å²) in [4.78, 5) is 19.0. The molecule has 23 heavy (non-hydrogen) atoms. The van der Waals surface area contributed by atoms with Crippen molar-refractivity contribution in [2.45, 2.75) is 25.8 Å². The van der Waals surface area contributed by atoms with Gasteiger partial charge in [-0.15, -0.1) is 11.3 Å². The lowest BCUT2D eigenvalue weighted by Crippen LogP contribution is -2.30. The van der Waals surface area contributed by atoms with Gasteiger partial charge in [-0.3, -0.25) is 9.89 Å². The second-order valence-corrected chi connectivity index (χ2v) is 6.53. The molecular formula is C16H16N4O2S. The summed E-state index contributed by atoms with van der Waals surface area (Å²) in [6, 6.07) is 5.56. The van der Waals surface area contributed by atoms with Crippen molar-refractivity contribution in [3.63, 3.8) is 0 Å². The second kappa shape index (κ2) is 5.66. The van der Waals surface area contributed by atoms with E-state index in [1.54, 1.807) is 23.6 Å². The van der Waals surface area contributed by atoms with Crippen LogP contribution in [0, 0.1) is 6.92 Å². The minimum absolute atomic E-state index is 0.0616.